The van der Waals surface area contributed by atoms with E-state index >= 15 is 0 Å². The highest BCUT2D eigenvalue weighted by atomic mass is 16.5. The van der Waals surface area contributed by atoms with Gasteiger partial charge in [-0.25, -0.2) is 0 Å². The second kappa shape index (κ2) is 6.86. The molecule has 0 bridgehead atoms. The van der Waals surface area contributed by atoms with Crippen molar-refractivity contribution in [3.63, 3.8) is 0 Å². The fourth-order valence-corrected chi connectivity index (χ4v) is 2.62. The molecule has 3 atom stereocenters. The first-order valence-corrected chi connectivity index (χ1v) is 7.37. The average Bonchev–Trinajstić information content (AvgIpc) is 2.85. The summed E-state index contributed by atoms with van der Waals surface area (Å²) in [5.41, 5.74) is 2.04. The maximum atomic E-state index is 12.2. The summed E-state index contributed by atoms with van der Waals surface area (Å²) in [6.45, 7) is 7.77. The van der Waals surface area contributed by atoms with Gasteiger partial charge in [0.15, 0.2) is 0 Å². The van der Waals surface area contributed by atoms with Gasteiger partial charge in [0.2, 0.25) is 5.91 Å². The van der Waals surface area contributed by atoms with Gasteiger partial charge >= 0.3 is 0 Å². The van der Waals surface area contributed by atoms with E-state index in [4.69, 9.17) is 4.74 Å². The van der Waals surface area contributed by atoms with Gasteiger partial charge in [0, 0.05) is 18.3 Å². The van der Waals surface area contributed by atoms with Crippen LogP contribution in [0, 0.1) is 5.92 Å². The van der Waals surface area contributed by atoms with Gasteiger partial charge in [-0.1, -0.05) is 19.1 Å². The van der Waals surface area contributed by atoms with Crippen LogP contribution in [-0.2, 0) is 9.53 Å². The van der Waals surface area contributed by atoms with Crippen molar-refractivity contribution in [1.29, 1.82) is 0 Å². The van der Waals surface area contributed by atoms with Crippen molar-refractivity contribution < 1.29 is 9.53 Å². The maximum absolute atomic E-state index is 12.2. The number of ether oxygens (including phenoxy) is 1. The van der Waals surface area contributed by atoms with Crippen molar-refractivity contribution in [3.8, 4) is 0 Å². The lowest BCUT2D eigenvalue weighted by molar-refractivity contribution is -0.121. The first-order valence-electron chi connectivity index (χ1n) is 7.37. The third kappa shape index (κ3) is 3.58. The molecule has 3 unspecified atom stereocenters. The Labute approximate surface area is 120 Å². The van der Waals surface area contributed by atoms with Gasteiger partial charge < -0.3 is 15.4 Å². The Morgan fingerprint density at radius 1 is 1.50 bits per heavy atom. The molecule has 1 aliphatic heterocycles. The SMILES string of the molecule is CCNC(C)c1cccc(NC(=O)C2CCOC2C)c1. The van der Waals surface area contributed by atoms with Crippen LogP contribution in [0.25, 0.3) is 0 Å². The number of hydrogen-bond acceptors (Lipinski definition) is 3. The van der Waals surface area contributed by atoms with Crippen molar-refractivity contribution in [3.05, 3.63) is 29.8 Å². The second-order valence-electron chi connectivity index (χ2n) is 5.37. The summed E-state index contributed by atoms with van der Waals surface area (Å²) >= 11 is 0. The molecule has 1 amide bonds. The van der Waals surface area contributed by atoms with Gasteiger partial charge in [0.25, 0.3) is 0 Å². The zero-order valence-corrected chi connectivity index (χ0v) is 12.5. The average molecular weight is 276 g/mol. The molecule has 1 aromatic rings. The predicted octanol–water partition coefficient (Wildman–Crippen LogP) is 2.72. The summed E-state index contributed by atoms with van der Waals surface area (Å²) in [6, 6.07) is 8.30. The predicted molar refractivity (Wildman–Crippen MR) is 80.7 cm³/mol. The molecular weight excluding hydrogens is 252 g/mol. The fraction of sp³-hybridized carbons (Fsp3) is 0.562. The number of benzene rings is 1. The number of anilines is 1. The zero-order valence-electron chi connectivity index (χ0n) is 12.5. The summed E-state index contributed by atoms with van der Waals surface area (Å²) in [5, 5.41) is 6.38. The molecule has 0 aromatic heterocycles. The van der Waals surface area contributed by atoms with Gasteiger partial charge in [-0.3, -0.25) is 4.79 Å². The van der Waals surface area contributed by atoms with Crippen molar-refractivity contribution in [1.82, 2.24) is 5.32 Å². The van der Waals surface area contributed by atoms with Crippen molar-refractivity contribution in [2.45, 2.75) is 39.3 Å². The van der Waals surface area contributed by atoms with Gasteiger partial charge in [0.05, 0.1) is 12.0 Å². The van der Waals surface area contributed by atoms with Crippen molar-refractivity contribution in [2.75, 3.05) is 18.5 Å². The number of nitrogens with one attached hydrogen (secondary N) is 2. The molecule has 2 rings (SSSR count). The van der Waals surface area contributed by atoms with Crippen LogP contribution in [0.1, 0.15) is 38.8 Å². The normalized spacial score (nSPS) is 23.6. The van der Waals surface area contributed by atoms with E-state index < -0.39 is 0 Å². The molecule has 4 nitrogen and oxygen atoms in total. The maximum Gasteiger partial charge on any atom is 0.230 e. The Morgan fingerprint density at radius 3 is 2.95 bits per heavy atom. The van der Waals surface area contributed by atoms with Gasteiger partial charge in [0.1, 0.15) is 0 Å². The Morgan fingerprint density at radius 2 is 2.30 bits per heavy atom. The highest BCUT2D eigenvalue weighted by molar-refractivity contribution is 5.93. The molecule has 0 aliphatic carbocycles. The molecule has 1 heterocycles. The van der Waals surface area contributed by atoms with Crippen LogP contribution in [-0.4, -0.2) is 25.2 Å². The topological polar surface area (TPSA) is 50.4 Å². The van der Waals surface area contributed by atoms with Crippen LogP contribution in [0.3, 0.4) is 0 Å². The molecular formula is C16H24N2O2. The lowest BCUT2D eigenvalue weighted by Crippen LogP contribution is -2.27. The molecule has 1 aromatic carbocycles. The summed E-state index contributed by atoms with van der Waals surface area (Å²) in [6.07, 6.45) is 0.819. The first kappa shape index (κ1) is 15.0. The van der Waals surface area contributed by atoms with Crippen LogP contribution in [0.2, 0.25) is 0 Å². The van der Waals surface area contributed by atoms with Crippen molar-refractivity contribution >= 4 is 11.6 Å². The molecule has 1 saturated heterocycles. The second-order valence-corrected chi connectivity index (χ2v) is 5.37. The summed E-state index contributed by atoms with van der Waals surface area (Å²) < 4.78 is 5.45. The van der Waals surface area contributed by atoms with Gasteiger partial charge in [-0.15, -0.1) is 0 Å². The van der Waals surface area contributed by atoms with Gasteiger partial charge in [-0.05, 0) is 44.5 Å². The lowest BCUT2D eigenvalue weighted by Gasteiger charge is -2.16. The van der Waals surface area contributed by atoms with Crippen LogP contribution in [0.5, 0.6) is 0 Å². The van der Waals surface area contributed by atoms with E-state index in [0.29, 0.717) is 6.61 Å². The summed E-state index contributed by atoms with van der Waals surface area (Å²) in [5.74, 6) is 0.0214. The smallest absolute Gasteiger partial charge is 0.230 e. The highest BCUT2D eigenvalue weighted by Gasteiger charge is 2.30. The van der Waals surface area contributed by atoms with Gasteiger partial charge in [-0.2, -0.15) is 0 Å². The van der Waals surface area contributed by atoms with E-state index in [1.807, 2.05) is 25.1 Å². The van der Waals surface area contributed by atoms with Crippen molar-refractivity contribution in [2.24, 2.45) is 5.92 Å². The number of amides is 1. The Balaban J connectivity index is 2.02. The third-order valence-electron chi connectivity index (χ3n) is 3.88. The third-order valence-corrected chi connectivity index (χ3v) is 3.88. The number of hydrogen-bond donors (Lipinski definition) is 2. The molecule has 0 radical (unpaired) electrons. The largest absolute Gasteiger partial charge is 0.378 e. The fourth-order valence-electron chi connectivity index (χ4n) is 2.62. The number of carbonyl (C=O) groups excluding carboxylic acids is 1. The van der Waals surface area contributed by atoms with E-state index in [-0.39, 0.29) is 24.0 Å². The standard InChI is InChI=1S/C16H24N2O2/c1-4-17-11(2)13-6-5-7-14(10-13)18-16(19)15-8-9-20-12(15)3/h5-7,10-12,15,17H,4,8-9H2,1-3H3,(H,18,19). The Bertz CT molecular complexity index is 462. The van der Waals surface area contributed by atoms with E-state index in [0.717, 1.165) is 18.7 Å². The monoisotopic (exact) mass is 276 g/mol. The number of carbonyl (C=O) groups is 1. The molecule has 20 heavy (non-hydrogen) atoms. The summed E-state index contributed by atoms with van der Waals surface area (Å²) in [7, 11) is 0. The minimum Gasteiger partial charge on any atom is -0.378 e. The lowest BCUT2D eigenvalue weighted by atomic mass is 10.0. The van der Waals surface area contributed by atoms with E-state index in [9.17, 15) is 4.79 Å². The van der Waals surface area contributed by atoms with E-state index in [2.05, 4.69) is 30.5 Å². The van der Waals surface area contributed by atoms with Crippen LogP contribution >= 0.6 is 0 Å². The highest BCUT2D eigenvalue weighted by Crippen LogP contribution is 2.23. The Kier molecular flexibility index (Phi) is 5.15. The molecule has 2 N–H and O–H groups in total. The molecule has 0 spiro atoms. The van der Waals surface area contributed by atoms with Crippen LogP contribution < -0.4 is 10.6 Å². The molecule has 1 fully saturated rings. The quantitative estimate of drug-likeness (QED) is 0.869. The van der Waals surface area contributed by atoms with Crippen LogP contribution in [0.4, 0.5) is 5.69 Å². The van der Waals surface area contributed by atoms with E-state index in [1.165, 1.54) is 5.56 Å². The summed E-state index contributed by atoms with van der Waals surface area (Å²) in [4.78, 5) is 12.2. The Hall–Kier alpha value is -1.39. The molecule has 1 aliphatic rings. The number of rotatable bonds is 5. The first-order chi connectivity index (χ1) is 9.61. The van der Waals surface area contributed by atoms with Crippen LogP contribution in [0.15, 0.2) is 24.3 Å². The molecule has 4 heteroatoms. The molecule has 110 valence electrons. The minimum atomic E-state index is -0.0372. The van der Waals surface area contributed by atoms with E-state index in [1.54, 1.807) is 0 Å². The minimum absolute atomic E-state index is 0.0128. The molecule has 0 saturated carbocycles. The zero-order chi connectivity index (χ0) is 14.5.